The first kappa shape index (κ1) is 44.2. The Bertz CT molecular complexity index is 2470. The van der Waals surface area contributed by atoms with Crippen LogP contribution in [0.4, 0.5) is 0 Å². The molecular formula is C66H84N2. The van der Waals surface area contributed by atoms with E-state index < -0.39 is 0 Å². The van der Waals surface area contributed by atoms with Gasteiger partial charge in [0.15, 0.2) is 0 Å². The molecule has 0 saturated heterocycles. The molecule has 10 atom stereocenters. The van der Waals surface area contributed by atoms with Crippen molar-refractivity contribution >= 4 is 22.7 Å². The lowest BCUT2D eigenvalue weighted by atomic mass is 9.66. The maximum absolute atomic E-state index is 3.03. The van der Waals surface area contributed by atoms with Crippen molar-refractivity contribution in [3.05, 3.63) is 130 Å². The number of rotatable bonds is 8. The van der Waals surface area contributed by atoms with Gasteiger partial charge in [-0.15, -0.1) is 0 Å². The SMILES string of the molecule is C1=CC2=C(CC1)C1C=CC(c3ccc4c5c(n(C6=CCCC(C7C=CCC(C8CC=CCC8)C7)C6)c4c3)C=CCC5)CC1N2C1CC=C(C2CC(C3CCCCC3)=CC(C3CCCCC3)C2)CC1. The van der Waals surface area contributed by atoms with Crippen molar-refractivity contribution in [1.82, 2.24) is 9.47 Å². The number of hydrogen-bond donors (Lipinski definition) is 0. The quantitative estimate of drug-likeness (QED) is 0.240. The van der Waals surface area contributed by atoms with Crippen molar-refractivity contribution < 1.29 is 0 Å². The number of aryl methyl sites for hydroxylation is 1. The molecule has 2 nitrogen and oxygen atoms in total. The van der Waals surface area contributed by atoms with Crippen molar-refractivity contribution in [3.8, 4) is 0 Å². The van der Waals surface area contributed by atoms with E-state index in [-0.39, 0.29) is 0 Å². The summed E-state index contributed by atoms with van der Waals surface area (Å²) in [5, 5.41) is 1.51. The van der Waals surface area contributed by atoms with E-state index in [4.69, 9.17) is 0 Å². The van der Waals surface area contributed by atoms with Gasteiger partial charge in [0.2, 0.25) is 0 Å². The first-order valence-corrected chi connectivity index (χ1v) is 29.3. The fraction of sp³-hybridized carbons (Fsp3) is 0.606. The highest BCUT2D eigenvalue weighted by Crippen LogP contribution is 2.52. The Morgan fingerprint density at radius 2 is 1.40 bits per heavy atom. The summed E-state index contributed by atoms with van der Waals surface area (Å²) in [7, 11) is 0. The van der Waals surface area contributed by atoms with E-state index >= 15 is 0 Å². The molecule has 0 spiro atoms. The van der Waals surface area contributed by atoms with Crippen LogP contribution < -0.4 is 0 Å². The summed E-state index contributed by atoms with van der Waals surface area (Å²) in [5.41, 5.74) is 14.8. The summed E-state index contributed by atoms with van der Waals surface area (Å²) < 4.78 is 2.78. The first-order chi connectivity index (χ1) is 33.7. The molecule has 2 heterocycles. The zero-order valence-electron chi connectivity index (χ0n) is 41.9. The maximum atomic E-state index is 3.03. The van der Waals surface area contributed by atoms with Gasteiger partial charge in [-0.2, -0.15) is 0 Å². The molecule has 10 aliphatic carbocycles. The highest BCUT2D eigenvalue weighted by Gasteiger charge is 2.45. The molecule has 0 bridgehead atoms. The van der Waals surface area contributed by atoms with Gasteiger partial charge in [-0.05, 0) is 224 Å². The lowest BCUT2D eigenvalue weighted by Gasteiger charge is -2.43. The van der Waals surface area contributed by atoms with Gasteiger partial charge in [0.25, 0.3) is 0 Å². The average molecular weight is 905 g/mol. The summed E-state index contributed by atoms with van der Waals surface area (Å²) in [4.78, 5) is 3.03. The zero-order chi connectivity index (χ0) is 45.0. The smallest absolute Gasteiger partial charge is 0.0537 e. The van der Waals surface area contributed by atoms with Crippen LogP contribution in [0.25, 0.3) is 22.7 Å². The Morgan fingerprint density at radius 3 is 2.26 bits per heavy atom. The van der Waals surface area contributed by atoms with Gasteiger partial charge >= 0.3 is 0 Å². The van der Waals surface area contributed by atoms with Crippen molar-refractivity contribution in [2.45, 2.75) is 198 Å². The van der Waals surface area contributed by atoms with Gasteiger partial charge in [-0.3, -0.25) is 0 Å². The van der Waals surface area contributed by atoms with Crippen LogP contribution in [-0.2, 0) is 6.42 Å². The molecule has 1 aliphatic heterocycles. The summed E-state index contributed by atoms with van der Waals surface area (Å²) >= 11 is 0. The van der Waals surface area contributed by atoms with Crippen molar-refractivity contribution in [1.29, 1.82) is 0 Å². The summed E-state index contributed by atoms with van der Waals surface area (Å²) in [6, 6.07) is 8.98. The second-order valence-corrected chi connectivity index (χ2v) is 24.6. The number of fused-ring (bicyclic) bond motifs is 5. The van der Waals surface area contributed by atoms with E-state index in [0.717, 1.165) is 53.8 Å². The normalized spacial score (nSPS) is 35.5. The lowest BCUT2D eigenvalue weighted by Crippen LogP contribution is -2.43. The second-order valence-electron chi connectivity index (χ2n) is 24.6. The molecule has 0 radical (unpaired) electrons. The highest BCUT2D eigenvalue weighted by molar-refractivity contribution is 5.92. The standard InChI is InChI=1S/C66H84N2/c1-4-16-45(17-5-1)49-22-14-23-50(38-49)51-24-15-25-58(42-51)68-64-29-13-11-27-60(64)62-37-33-53(44-66(62)68)52-32-36-61-59-26-10-12-28-63(59)67(65(61)43-52)57-34-30-48(31-35-57)56-40-54(46-18-6-2-7-19-46)39-55(41-56)47-20-8-3-9-21-47/h1,4,12-14,23,25,28-30,32-33,36-37,39,44-47,49-52,54,56-57,61,65H,2-3,5-11,15-22,24,26-27,31,34-35,38,40-43H2. The molecule has 10 unspecified atom stereocenters. The summed E-state index contributed by atoms with van der Waals surface area (Å²) in [6.07, 6.45) is 71.8. The third-order valence-electron chi connectivity index (χ3n) is 20.9. The van der Waals surface area contributed by atoms with E-state index in [1.807, 2.05) is 11.1 Å². The Labute approximate surface area is 411 Å². The van der Waals surface area contributed by atoms with E-state index in [2.05, 4.69) is 107 Å². The average Bonchev–Trinajstić information content (AvgIpc) is 3.94. The van der Waals surface area contributed by atoms with E-state index in [1.165, 1.54) is 196 Å². The predicted octanol–water partition coefficient (Wildman–Crippen LogP) is 17.7. The van der Waals surface area contributed by atoms with E-state index in [0.29, 0.717) is 23.9 Å². The van der Waals surface area contributed by atoms with Crippen LogP contribution >= 0.6 is 0 Å². The third kappa shape index (κ3) is 8.44. The minimum absolute atomic E-state index is 0.454. The summed E-state index contributed by atoms with van der Waals surface area (Å²) in [6.45, 7) is 0. The van der Waals surface area contributed by atoms with E-state index in [1.54, 1.807) is 22.5 Å². The van der Waals surface area contributed by atoms with Gasteiger partial charge < -0.3 is 9.47 Å². The van der Waals surface area contributed by atoms with E-state index in [9.17, 15) is 0 Å². The molecular weight excluding hydrogens is 821 g/mol. The van der Waals surface area contributed by atoms with Gasteiger partial charge in [0.1, 0.15) is 0 Å². The van der Waals surface area contributed by atoms with Crippen molar-refractivity contribution in [3.63, 3.8) is 0 Å². The Hall–Kier alpha value is -3.78. The molecule has 11 aliphatic rings. The first-order valence-electron chi connectivity index (χ1n) is 29.3. The Balaban J connectivity index is 0.752. The second kappa shape index (κ2) is 19.4. The largest absolute Gasteiger partial charge is 0.364 e. The van der Waals surface area contributed by atoms with Crippen LogP contribution in [0, 0.1) is 53.3 Å². The van der Waals surface area contributed by atoms with Crippen molar-refractivity contribution in [2.24, 2.45) is 53.3 Å². The number of benzene rings is 1. The molecule has 2 heteroatoms. The lowest BCUT2D eigenvalue weighted by molar-refractivity contribution is 0.160. The number of allylic oxidation sites excluding steroid dienone is 13. The van der Waals surface area contributed by atoms with Crippen LogP contribution in [-0.4, -0.2) is 21.6 Å². The fourth-order valence-corrected chi connectivity index (χ4v) is 17.4. The Morgan fingerprint density at radius 1 is 0.544 bits per heavy atom. The minimum Gasteiger partial charge on any atom is -0.364 e. The van der Waals surface area contributed by atoms with Gasteiger partial charge in [0.05, 0.1) is 5.52 Å². The highest BCUT2D eigenvalue weighted by atomic mass is 15.2. The zero-order valence-corrected chi connectivity index (χ0v) is 41.9. The summed E-state index contributed by atoms with van der Waals surface area (Å²) in [5.74, 6) is 7.74. The molecule has 13 rings (SSSR count). The number of aromatic nitrogens is 1. The third-order valence-corrected chi connectivity index (χ3v) is 20.9. The van der Waals surface area contributed by atoms with Gasteiger partial charge in [-0.25, -0.2) is 0 Å². The Kier molecular flexibility index (Phi) is 12.6. The maximum Gasteiger partial charge on any atom is 0.0537 e. The molecule has 68 heavy (non-hydrogen) atoms. The molecule has 2 saturated carbocycles. The topological polar surface area (TPSA) is 8.17 Å². The fourth-order valence-electron chi connectivity index (χ4n) is 17.4. The van der Waals surface area contributed by atoms with Crippen LogP contribution in [0.2, 0.25) is 0 Å². The van der Waals surface area contributed by atoms with Gasteiger partial charge in [-0.1, -0.05) is 129 Å². The molecule has 2 fully saturated rings. The molecule has 2 aromatic rings. The number of hydrogen-bond acceptors (Lipinski definition) is 1. The molecule has 1 aromatic heterocycles. The molecule has 0 amide bonds. The van der Waals surface area contributed by atoms with Crippen LogP contribution in [0.5, 0.6) is 0 Å². The predicted molar refractivity (Wildman–Crippen MR) is 287 cm³/mol. The monoisotopic (exact) mass is 905 g/mol. The van der Waals surface area contributed by atoms with Crippen LogP contribution in [0.3, 0.4) is 0 Å². The van der Waals surface area contributed by atoms with Gasteiger partial charge in [0, 0.05) is 46.4 Å². The minimum atomic E-state index is 0.454. The number of nitrogens with zero attached hydrogens (tertiary/aromatic N) is 2. The van der Waals surface area contributed by atoms with Crippen LogP contribution in [0.15, 0.2) is 114 Å². The van der Waals surface area contributed by atoms with Crippen molar-refractivity contribution in [2.75, 3.05) is 0 Å². The molecule has 358 valence electrons. The van der Waals surface area contributed by atoms with Crippen LogP contribution in [0.1, 0.15) is 196 Å². The molecule has 1 aromatic carbocycles. The molecule has 0 N–H and O–H groups in total.